The molecular weight excluding hydrogens is 202 g/mol. The monoisotopic (exact) mass is 227 g/mol. The zero-order valence-electron chi connectivity index (χ0n) is 11.2. The summed E-state index contributed by atoms with van der Waals surface area (Å²) < 4.78 is 0. The summed E-state index contributed by atoms with van der Waals surface area (Å²) in [7, 11) is 3.58. The van der Waals surface area contributed by atoms with E-state index >= 15 is 0 Å². The molecular formula is C13H25NO2. The van der Waals surface area contributed by atoms with E-state index in [0.29, 0.717) is 0 Å². The van der Waals surface area contributed by atoms with E-state index in [-0.39, 0.29) is 23.5 Å². The van der Waals surface area contributed by atoms with Crippen LogP contribution in [0, 0.1) is 11.8 Å². The Morgan fingerprint density at radius 3 is 1.81 bits per heavy atom. The molecule has 0 spiro atoms. The Morgan fingerprint density at radius 1 is 1.00 bits per heavy atom. The van der Waals surface area contributed by atoms with Crippen LogP contribution in [0.5, 0.6) is 0 Å². The first kappa shape index (κ1) is 15.1. The standard InChI is InChI=1S/C13H25NO2/c1-10(12(3)15)8-6-7-9-11(2)13(16)14(4)5/h10-11H,6-9H2,1-5H3. The normalized spacial score (nSPS) is 14.3. The molecule has 0 rings (SSSR count). The molecule has 3 nitrogen and oxygen atoms in total. The fourth-order valence-corrected chi connectivity index (χ4v) is 1.67. The Kier molecular flexibility index (Phi) is 7.02. The van der Waals surface area contributed by atoms with Crippen molar-refractivity contribution in [3.8, 4) is 0 Å². The first-order chi connectivity index (χ1) is 7.36. The highest BCUT2D eigenvalue weighted by Gasteiger charge is 2.14. The molecule has 0 aromatic rings. The van der Waals surface area contributed by atoms with E-state index in [1.165, 1.54) is 0 Å². The van der Waals surface area contributed by atoms with Gasteiger partial charge in [-0.2, -0.15) is 0 Å². The number of carbonyl (C=O) groups excluding carboxylic acids is 2. The first-order valence-corrected chi connectivity index (χ1v) is 6.07. The van der Waals surface area contributed by atoms with E-state index in [1.54, 1.807) is 25.9 Å². The van der Waals surface area contributed by atoms with Gasteiger partial charge in [-0.3, -0.25) is 9.59 Å². The third kappa shape index (κ3) is 5.89. The molecule has 1 amide bonds. The van der Waals surface area contributed by atoms with Crippen molar-refractivity contribution in [2.24, 2.45) is 11.8 Å². The van der Waals surface area contributed by atoms with Crippen LogP contribution in [0.4, 0.5) is 0 Å². The van der Waals surface area contributed by atoms with Crippen molar-refractivity contribution in [3.05, 3.63) is 0 Å². The maximum Gasteiger partial charge on any atom is 0.224 e. The van der Waals surface area contributed by atoms with E-state index in [9.17, 15) is 9.59 Å². The van der Waals surface area contributed by atoms with Crippen LogP contribution in [0.2, 0.25) is 0 Å². The van der Waals surface area contributed by atoms with Crippen molar-refractivity contribution < 1.29 is 9.59 Å². The lowest BCUT2D eigenvalue weighted by Crippen LogP contribution is -2.27. The Hall–Kier alpha value is -0.860. The van der Waals surface area contributed by atoms with E-state index < -0.39 is 0 Å². The van der Waals surface area contributed by atoms with Crippen molar-refractivity contribution in [2.45, 2.75) is 46.5 Å². The number of hydrogen-bond donors (Lipinski definition) is 0. The molecule has 94 valence electrons. The largest absolute Gasteiger partial charge is 0.349 e. The molecule has 3 heteroatoms. The van der Waals surface area contributed by atoms with Gasteiger partial charge < -0.3 is 4.90 Å². The molecule has 0 saturated carbocycles. The van der Waals surface area contributed by atoms with Gasteiger partial charge in [0.15, 0.2) is 0 Å². The van der Waals surface area contributed by atoms with Crippen LogP contribution in [-0.4, -0.2) is 30.7 Å². The van der Waals surface area contributed by atoms with Crippen molar-refractivity contribution in [1.29, 1.82) is 0 Å². The zero-order chi connectivity index (χ0) is 12.7. The number of carbonyl (C=O) groups is 2. The van der Waals surface area contributed by atoms with E-state index in [0.717, 1.165) is 25.7 Å². The number of unbranched alkanes of at least 4 members (excludes halogenated alkanes) is 1. The van der Waals surface area contributed by atoms with Crippen molar-refractivity contribution in [1.82, 2.24) is 4.90 Å². The number of ketones is 1. The van der Waals surface area contributed by atoms with Crippen molar-refractivity contribution in [2.75, 3.05) is 14.1 Å². The average Bonchev–Trinajstić information content (AvgIpc) is 2.22. The highest BCUT2D eigenvalue weighted by Crippen LogP contribution is 2.14. The van der Waals surface area contributed by atoms with Crippen LogP contribution in [0.3, 0.4) is 0 Å². The molecule has 0 aromatic carbocycles. The maximum absolute atomic E-state index is 11.6. The molecule has 2 unspecified atom stereocenters. The average molecular weight is 227 g/mol. The van der Waals surface area contributed by atoms with E-state index in [4.69, 9.17) is 0 Å². The Bertz CT molecular complexity index is 236. The van der Waals surface area contributed by atoms with Crippen LogP contribution in [-0.2, 0) is 9.59 Å². The fraction of sp³-hybridized carbons (Fsp3) is 0.846. The van der Waals surface area contributed by atoms with Gasteiger partial charge in [0.2, 0.25) is 5.91 Å². The van der Waals surface area contributed by atoms with Crippen molar-refractivity contribution in [3.63, 3.8) is 0 Å². The predicted octanol–water partition coefficient (Wildman–Crippen LogP) is 2.50. The number of Topliss-reactive ketones (excluding diaryl/α,β-unsaturated/α-hetero) is 1. The number of hydrogen-bond acceptors (Lipinski definition) is 2. The lowest BCUT2D eigenvalue weighted by Gasteiger charge is -2.16. The first-order valence-electron chi connectivity index (χ1n) is 6.07. The van der Waals surface area contributed by atoms with E-state index in [2.05, 4.69) is 0 Å². The quantitative estimate of drug-likeness (QED) is 0.627. The van der Waals surface area contributed by atoms with Gasteiger partial charge in [-0.15, -0.1) is 0 Å². The Balaban J connectivity index is 3.67. The molecule has 16 heavy (non-hydrogen) atoms. The summed E-state index contributed by atoms with van der Waals surface area (Å²) in [6, 6.07) is 0. The molecule has 0 N–H and O–H groups in total. The van der Waals surface area contributed by atoms with Gasteiger partial charge in [0.25, 0.3) is 0 Å². The Labute approximate surface area is 99.2 Å². The van der Waals surface area contributed by atoms with Gasteiger partial charge in [0.05, 0.1) is 0 Å². The van der Waals surface area contributed by atoms with Crippen molar-refractivity contribution >= 4 is 11.7 Å². The maximum atomic E-state index is 11.6. The zero-order valence-corrected chi connectivity index (χ0v) is 11.2. The van der Waals surface area contributed by atoms with Gasteiger partial charge in [0, 0.05) is 25.9 Å². The summed E-state index contributed by atoms with van der Waals surface area (Å²) in [6.45, 7) is 5.58. The topological polar surface area (TPSA) is 37.4 Å². The minimum absolute atomic E-state index is 0.0997. The second kappa shape index (κ2) is 7.42. The number of amides is 1. The van der Waals surface area contributed by atoms with E-state index in [1.807, 2.05) is 13.8 Å². The summed E-state index contributed by atoms with van der Waals surface area (Å²) in [4.78, 5) is 24.2. The molecule has 0 radical (unpaired) electrons. The number of nitrogens with zero attached hydrogens (tertiary/aromatic N) is 1. The summed E-state index contributed by atoms with van der Waals surface area (Å²) in [5.74, 6) is 0.722. The highest BCUT2D eigenvalue weighted by molar-refractivity contribution is 5.78. The molecule has 0 bridgehead atoms. The minimum atomic E-state index is 0.0997. The smallest absolute Gasteiger partial charge is 0.224 e. The third-order valence-corrected chi connectivity index (χ3v) is 3.08. The van der Waals surface area contributed by atoms with Gasteiger partial charge in [0.1, 0.15) is 5.78 Å². The molecule has 0 aliphatic rings. The molecule has 0 heterocycles. The third-order valence-electron chi connectivity index (χ3n) is 3.08. The Morgan fingerprint density at radius 2 is 1.44 bits per heavy atom. The second-order valence-electron chi connectivity index (χ2n) is 4.93. The fourth-order valence-electron chi connectivity index (χ4n) is 1.67. The molecule has 2 atom stereocenters. The summed E-state index contributed by atoms with van der Waals surface area (Å²) in [6.07, 6.45) is 3.92. The number of rotatable bonds is 7. The predicted molar refractivity (Wildman–Crippen MR) is 66.2 cm³/mol. The molecule has 0 fully saturated rings. The van der Waals surface area contributed by atoms with Gasteiger partial charge >= 0.3 is 0 Å². The SMILES string of the molecule is CC(=O)C(C)CCCCC(C)C(=O)N(C)C. The lowest BCUT2D eigenvalue weighted by atomic mass is 9.96. The minimum Gasteiger partial charge on any atom is -0.349 e. The van der Waals surface area contributed by atoms with Gasteiger partial charge in [-0.1, -0.05) is 26.7 Å². The van der Waals surface area contributed by atoms with Crippen LogP contribution in [0.25, 0.3) is 0 Å². The van der Waals surface area contributed by atoms with Gasteiger partial charge in [-0.05, 0) is 19.8 Å². The molecule has 0 saturated heterocycles. The molecule has 0 aliphatic heterocycles. The second-order valence-corrected chi connectivity index (χ2v) is 4.93. The van der Waals surface area contributed by atoms with Crippen LogP contribution < -0.4 is 0 Å². The van der Waals surface area contributed by atoms with Crippen LogP contribution in [0.1, 0.15) is 46.5 Å². The highest BCUT2D eigenvalue weighted by atomic mass is 16.2. The molecule has 0 aromatic heterocycles. The lowest BCUT2D eigenvalue weighted by molar-refractivity contribution is -0.132. The summed E-state index contributed by atoms with van der Waals surface area (Å²) in [5, 5.41) is 0. The molecule has 0 aliphatic carbocycles. The summed E-state index contributed by atoms with van der Waals surface area (Å²) >= 11 is 0. The van der Waals surface area contributed by atoms with Gasteiger partial charge in [-0.25, -0.2) is 0 Å². The summed E-state index contributed by atoms with van der Waals surface area (Å²) in [5.41, 5.74) is 0. The van der Waals surface area contributed by atoms with Crippen LogP contribution >= 0.6 is 0 Å². The van der Waals surface area contributed by atoms with Crippen LogP contribution in [0.15, 0.2) is 0 Å².